The number of likely N-dealkylation sites (tertiary alicyclic amines) is 1. The average molecular weight is 545 g/mol. The molecule has 1 aliphatic heterocycles. The molecule has 3 amide bonds. The van der Waals surface area contributed by atoms with Crippen LogP contribution in [-0.4, -0.2) is 83.6 Å². The lowest BCUT2D eigenvalue weighted by Crippen LogP contribution is -2.42. The van der Waals surface area contributed by atoms with Crippen LogP contribution in [-0.2, 0) is 4.74 Å². The summed E-state index contributed by atoms with van der Waals surface area (Å²) >= 11 is 0. The van der Waals surface area contributed by atoms with Gasteiger partial charge in [-0.2, -0.15) is 0 Å². The molecule has 0 atom stereocenters. The highest BCUT2D eigenvalue weighted by Gasteiger charge is 2.24. The summed E-state index contributed by atoms with van der Waals surface area (Å²) in [5, 5.41) is 3.98. The van der Waals surface area contributed by atoms with Crippen LogP contribution in [0.15, 0.2) is 73.1 Å². The molecule has 4 rings (SSSR count). The fourth-order valence-corrected chi connectivity index (χ4v) is 4.60. The fraction of sp³-hybridized carbons (Fsp3) is 0.333. The molecule has 0 radical (unpaired) electrons. The van der Waals surface area contributed by atoms with E-state index < -0.39 is 6.09 Å². The van der Waals surface area contributed by atoms with Crippen LogP contribution < -0.4 is 11.2 Å². The van der Waals surface area contributed by atoms with E-state index in [0.29, 0.717) is 43.7 Å². The van der Waals surface area contributed by atoms with Gasteiger partial charge in [0.2, 0.25) is 0 Å². The van der Waals surface area contributed by atoms with E-state index in [1.165, 1.54) is 18.5 Å². The van der Waals surface area contributed by atoms with Gasteiger partial charge in [-0.3, -0.25) is 24.9 Å². The average Bonchev–Trinajstić information content (AvgIpc) is 3.00. The first-order valence-corrected chi connectivity index (χ1v) is 13.5. The number of hydrogen-bond acceptors (Lipinski definition) is 7. The first-order valence-electron chi connectivity index (χ1n) is 13.5. The third-order valence-corrected chi connectivity index (χ3v) is 6.99. The minimum Gasteiger partial charge on any atom is -0.446 e. The molecule has 2 heterocycles. The first-order chi connectivity index (χ1) is 19.4. The lowest BCUT2D eigenvalue weighted by Gasteiger charge is -2.32. The Balaban J connectivity index is 1.22. The summed E-state index contributed by atoms with van der Waals surface area (Å²) in [5.74, 6) is 5.09. The number of nitrogens with one attached hydrogen (secondary N) is 1. The van der Waals surface area contributed by atoms with Gasteiger partial charge in [0, 0.05) is 57.7 Å². The maximum atomic E-state index is 12.9. The van der Waals surface area contributed by atoms with Crippen LogP contribution in [0.3, 0.4) is 0 Å². The zero-order chi connectivity index (χ0) is 28.5. The van der Waals surface area contributed by atoms with Gasteiger partial charge in [-0.15, -0.1) is 0 Å². The van der Waals surface area contributed by atoms with E-state index in [0.717, 1.165) is 29.2 Å². The number of nitrogens with two attached hydrogens (primary N) is 1. The number of hydrazine groups is 1. The smallest absolute Gasteiger partial charge is 0.411 e. The number of ether oxygens (including phenoxy) is 1. The minimum atomic E-state index is -0.460. The van der Waals surface area contributed by atoms with Gasteiger partial charge in [-0.05, 0) is 37.5 Å². The SMILES string of the molecule is CCN(N)C(=O)c1cncc(C(=O)N(C)CCN2CCC(OC(=O)Nc3ccccc3-c3ccccc3)CC2)c1. The van der Waals surface area contributed by atoms with Gasteiger partial charge >= 0.3 is 6.09 Å². The third kappa shape index (κ3) is 7.43. The minimum absolute atomic E-state index is 0.170. The molecule has 40 heavy (non-hydrogen) atoms. The predicted molar refractivity (Wildman–Crippen MR) is 154 cm³/mol. The third-order valence-electron chi connectivity index (χ3n) is 6.99. The summed E-state index contributed by atoms with van der Waals surface area (Å²) in [6.45, 7) is 4.84. The van der Waals surface area contributed by atoms with Crippen molar-refractivity contribution in [2.24, 2.45) is 5.84 Å². The van der Waals surface area contributed by atoms with Gasteiger partial charge in [-0.1, -0.05) is 48.5 Å². The van der Waals surface area contributed by atoms with E-state index in [1.54, 1.807) is 18.9 Å². The van der Waals surface area contributed by atoms with E-state index >= 15 is 0 Å². The van der Waals surface area contributed by atoms with E-state index in [1.807, 2.05) is 54.6 Å². The molecule has 1 aliphatic rings. The van der Waals surface area contributed by atoms with Crippen LogP contribution in [0.2, 0.25) is 0 Å². The van der Waals surface area contributed by atoms with Crippen molar-refractivity contribution in [1.29, 1.82) is 0 Å². The van der Waals surface area contributed by atoms with Crippen LogP contribution in [0.4, 0.5) is 10.5 Å². The predicted octanol–water partition coefficient (Wildman–Crippen LogP) is 3.87. The Hall–Kier alpha value is -4.28. The number of likely N-dealkylation sites (N-methyl/N-ethyl adjacent to an activating group) is 1. The molecule has 10 nitrogen and oxygen atoms in total. The quantitative estimate of drug-likeness (QED) is 0.238. The van der Waals surface area contributed by atoms with Crippen LogP contribution in [0.5, 0.6) is 0 Å². The first kappa shape index (κ1) is 28.7. The Kier molecular flexibility index (Phi) is 9.82. The second kappa shape index (κ2) is 13.7. The Morgan fingerprint density at radius 1 is 1.00 bits per heavy atom. The summed E-state index contributed by atoms with van der Waals surface area (Å²) in [5.41, 5.74) is 3.28. The molecule has 10 heteroatoms. The Morgan fingerprint density at radius 3 is 2.35 bits per heavy atom. The number of rotatable bonds is 9. The number of anilines is 1. The van der Waals surface area contributed by atoms with E-state index in [4.69, 9.17) is 10.6 Å². The number of benzene rings is 2. The maximum absolute atomic E-state index is 12.9. The zero-order valence-electron chi connectivity index (χ0n) is 23.0. The van der Waals surface area contributed by atoms with E-state index in [2.05, 4.69) is 15.2 Å². The molecule has 1 aromatic heterocycles. The van der Waals surface area contributed by atoms with Gasteiger partial charge in [0.15, 0.2) is 0 Å². The van der Waals surface area contributed by atoms with Crippen molar-refractivity contribution in [3.05, 3.63) is 84.2 Å². The molecule has 1 saturated heterocycles. The fourth-order valence-electron chi connectivity index (χ4n) is 4.60. The molecule has 0 spiro atoms. The van der Waals surface area contributed by atoms with Crippen molar-refractivity contribution >= 4 is 23.6 Å². The van der Waals surface area contributed by atoms with Gasteiger partial charge < -0.3 is 14.5 Å². The molecule has 0 unspecified atom stereocenters. The molecule has 0 bridgehead atoms. The summed E-state index contributed by atoms with van der Waals surface area (Å²) in [6.07, 6.45) is 3.66. The van der Waals surface area contributed by atoms with Crippen molar-refractivity contribution in [2.75, 3.05) is 45.1 Å². The van der Waals surface area contributed by atoms with Gasteiger partial charge in [0.1, 0.15) is 6.10 Å². The summed E-state index contributed by atoms with van der Waals surface area (Å²) in [7, 11) is 1.73. The molecule has 210 valence electrons. The second-order valence-corrected chi connectivity index (χ2v) is 9.76. The lowest BCUT2D eigenvalue weighted by molar-refractivity contribution is 0.0539. The van der Waals surface area contributed by atoms with E-state index in [-0.39, 0.29) is 23.5 Å². The zero-order valence-corrected chi connectivity index (χ0v) is 23.0. The normalized spacial score (nSPS) is 13.9. The van der Waals surface area contributed by atoms with Crippen molar-refractivity contribution in [1.82, 2.24) is 19.8 Å². The van der Waals surface area contributed by atoms with Gasteiger partial charge in [-0.25, -0.2) is 10.6 Å². The topological polar surface area (TPSA) is 121 Å². The number of amides is 3. The highest BCUT2D eigenvalue weighted by atomic mass is 16.6. The highest BCUT2D eigenvalue weighted by molar-refractivity contribution is 5.99. The van der Waals surface area contributed by atoms with Crippen LogP contribution in [0.1, 0.15) is 40.5 Å². The Bertz CT molecular complexity index is 1310. The standard InChI is InChI=1S/C30H36N6O4/c1-3-36(31)29(38)24-19-23(20-32-21-24)28(37)34(2)17-18-35-15-13-25(14-16-35)40-30(39)33-27-12-8-7-11-26(27)22-9-5-4-6-10-22/h4-12,19-21,25H,3,13-18,31H2,1-2H3,(H,33,39). The molecule has 0 saturated carbocycles. The summed E-state index contributed by atoms with van der Waals surface area (Å²) < 4.78 is 5.72. The number of pyridine rings is 1. The maximum Gasteiger partial charge on any atom is 0.411 e. The van der Waals surface area contributed by atoms with Gasteiger partial charge in [0.25, 0.3) is 11.8 Å². The highest BCUT2D eigenvalue weighted by Crippen LogP contribution is 2.28. The number of carbonyl (C=O) groups is 3. The number of nitrogens with zero attached hydrogens (tertiary/aromatic N) is 4. The Labute approximate surface area is 234 Å². The largest absolute Gasteiger partial charge is 0.446 e. The number of piperidine rings is 1. The molecule has 3 aromatic rings. The molecule has 1 fully saturated rings. The lowest BCUT2D eigenvalue weighted by atomic mass is 10.0. The van der Waals surface area contributed by atoms with Crippen molar-refractivity contribution < 1.29 is 19.1 Å². The van der Waals surface area contributed by atoms with E-state index in [9.17, 15) is 14.4 Å². The molecular weight excluding hydrogens is 508 g/mol. The number of hydrogen-bond donors (Lipinski definition) is 2. The Morgan fingerprint density at radius 2 is 1.65 bits per heavy atom. The molecule has 3 N–H and O–H groups in total. The summed E-state index contributed by atoms with van der Waals surface area (Å²) in [6, 6.07) is 19.1. The molecular formula is C30H36N6O4. The monoisotopic (exact) mass is 544 g/mol. The number of aromatic nitrogens is 1. The van der Waals surface area contributed by atoms with Crippen molar-refractivity contribution in [3.63, 3.8) is 0 Å². The van der Waals surface area contributed by atoms with Crippen molar-refractivity contribution in [3.8, 4) is 11.1 Å². The van der Waals surface area contributed by atoms with Crippen LogP contribution >= 0.6 is 0 Å². The second-order valence-electron chi connectivity index (χ2n) is 9.76. The number of para-hydroxylation sites is 1. The summed E-state index contributed by atoms with van der Waals surface area (Å²) in [4.78, 5) is 45.8. The van der Waals surface area contributed by atoms with Crippen LogP contribution in [0.25, 0.3) is 11.1 Å². The van der Waals surface area contributed by atoms with Gasteiger partial charge in [0.05, 0.1) is 16.8 Å². The van der Waals surface area contributed by atoms with Crippen LogP contribution in [0, 0.1) is 0 Å². The molecule has 2 aromatic carbocycles. The van der Waals surface area contributed by atoms with Crippen molar-refractivity contribution in [2.45, 2.75) is 25.9 Å². The molecule has 0 aliphatic carbocycles. The number of carbonyl (C=O) groups excluding carboxylic acids is 3.